The van der Waals surface area contributed by atoms with E-state index in [1.165, 1.54) is 11.1 Å². The molecule has 2 heteroatoms. The summed E-state index contributed by atoms with van der Waals surface area (Å²) in [4.78, 5) is 4.03. The molecule has 2 rings (SSSR count). The summed E-state index contributed by atoms with van der Waals surface area (Å²) in [7, 11) is 0. The highest BCUT2D eigenvalue weighted by molar-refractivity contribution is 5.20. The summed E-state index contributed by atoms with van der Waals surface area (Å²) in [5.41, 5.74) is 8.52. The fraction of sp³-hybridized carbons (Fsp3) is 0.267. The molecule has 0 amide bonds. The number of pyridine rings is 1. The van der Waals surface area contributed by atoms with Gasteiger partial charge in [-0.25, -0.2) is 0 Å². The standard InChI is InChI=1S/C15H18N2/c16-12-15(14-4-2-1-3-5-14)7-6-13-8-10-17-11-9-13/h1-5,8-11,15H,6-7,12,16H2. The Morgan fingerprint density at radius 1 is 1.00 bits per heavy atom. The second-order valence-corrected chi connectivity index (χ2v) is 4.24. The largest absolute Gasteiger partial charge is 0.330 e. The van der Waals surface area contributed by atoms with Crippen molar-refractivity contribution in [1.82, 2.24) is 4.98 Å². The fourth-order valence-corrected chi connectivity index (χ4v) is 2.04. The van der Waals surface area contributed by atoms with Gasteiger partial charge in [0.2, 0.25) is 0 Å². The SMILES string of the molecule is NCC(CCc1ccncc1)c1ccccc1. The molecule has 1 heterocycles. The molecule has 2 aromatic rings. The van der Waals surface area contributed by atoms with Gasteiger partial charge in [-0.05, 0) is 48.6 Å². The molecule has 0 saturated carbocycles. The molecular weight excluding hydrogens is 208 g/mol. The van der Waals surface area contributed by atoms with Crippen LogP contribution in [0, 0.1) is 0 Å². The van der Waals surface area contributed by atoms with Gasteiger partial charge >= 0.3 is 0 Å². The normalized spacial score (nSPS) is 12.3. The second-order valence-electron chi connectivity index (χ2n) is 4.24. The molecule has 0 spiro atoms. The zero-order chi connectivity index (χ0) is 11.9. The van der Waals surface area contributed by atoms with Gasteiger partial charge in [0.25, 0.3) is 0 Å². The molecule has 1 aromatic carbocycles. The van der Waals surface area contributed by atoms with Gasteiger partial charge in [0, 0.05) is 12.4 Å². The topological polar surface area (TPSA) is 38.9 Å². The molecule has 1 aromatic heterocycles. The Kier molecular flexibility index (Phi) is 4.28. The highest BCUT2D eigenvalue weighted by Gasteiger charge is 2.08. The maximum absolute atomic E-state index is 5.86. The van der Waals surface area contributed by atoms with Crippen LogP contribution in [0.2, 0.25) is 0 Å². The quantitative estimate of drug-likeness (QED) is 0.851. The highest BCUT2D eigenvalue weighted by Crippen LogP contribution is 2.20. The van der Waals surface area contributed by atoms with Crippen molar-refractivity contribution in [1.29, 1.82) is 0 Å². The number of rotatable bonds is 5. The van der Waals surface area contributed by atoms with Crippen LogP contribution in [0.4, 0.5) is 0 Å². The van der Waals surface area contributed by atoms with Crippen molar-refractivity contribution in [2.24, 2.45) is 5.73 Å². The Morgan fingerprint density at radius 2 is 1.71 bits per heavy atom. The molecule has 17 heavy (non-hydrogen) atoms. The summed E-state index contributed by atoms with van der Waals surface area (Å²) in [6, 6.07) is 14.6. The third-order valence-electron chi connectivity index (χ3n) is 3.09. The van der Waals surface area contributed by atoms with Crippen LogP contribution in [0.25, 0.3) is 0 Å². The van der Waals surface area contributed by atoms with Crippen molar-refractivity contribution in [3.8, 4) is 0 Å². The lowest BCUT2D eigenvalue weighted by atomic mass is 9.93. The maximum Gasteiger partial charge on any atom is 0.0270 e. The first-order valence-electron chi connectivity index (χ1n) is 6.04. The molecule has 0 aliphatic heterocycles. The van der Waals surface area contributed by atoms with Gasteiger partial charge in [0.15, 0.2) is 0 Å². The fourth-order valence-electron chi connectivity index (χ4n) is 2.04. The van der Waals surface area contributed by atoms with Gasteiger partial charge in [-0.2, -0.15) is 0 Å². The van der Waals surface area contributed by atoms with E-state index in [1.807, 2.05) is 18.5 Å². The number of aromatic nitrogens is 1. The lowest BCUT2D eigenvalue weighted by Crippen LogP contribution is -2.13. The lowest BCUT2D eigenvalue weighted by Gasteiger charge is -2.14. The zero-order valence-corrected chi connectivity index (χ0v) is 9.92. The van der Waals surface area contributed by atoms with Gasteiger partial charge in [0.1, 0.15) is 0 Å². The van der Waals surface area contributed by atoms with Crippen LogP contribution in [-0.4, -0.2) is 11.5 Å². The molecule has 2 N–H and O–H groups in total. The van der Waals surface area contributed by atoms with E-state index in [1.54, 1.807) is 0 Å². The number of benzene rings is 1. The van der Waals surface area contributed by atoms with E-state index < -0.39 is 0 Å². The second kappa shape index (κ2) is 6.16. The Labute approximate surface area is 103 Å². The summed E-state index contributed by atoms with van der Waals surface area (Å²) in [6.07, 6.45) is 5.83. The van der Waals surface area contributed by atoms with E-state index in [0.29, 0.717) is 12.5 Å². The average molecular weight is 226 g/mol. The molecule has 0 saturated heterocycles. The van der Waals surface area contributed by atoms with Crippen molar-refractivity contribution < 1.29 is 0 Å². The molecular formula is C15H18N2. The van der Waals surface area contributed by atoms with Crippen molar-refractivity contribution in [2.45, 2.75) is 18.8 Å². The minimum absolute atomic E-state index is 0.448. The van der Waals surface area contributed by atoms with Crippen molar-refractivity contribution in [2.75, 3.05) is 6.54 Å². The molecule has 0 aliphatic rings. The molecule has 1 unspecified atom stereocenters. The summed E-state index contributed by atoms with van der Waals surface area (Å²) >= 11 is 0. The third-order valence-corrected chi connectivity index (χ3v) is 3.09. The molecule has 0 fully saturated rings. The summed E-state index contributed by atoms with van der Waals surface area (Å²) in [6.45, 7) is 0.703. The van der Waals surface area contributed by atoms with Gasteiger partial charge in [0.05, 0.1) is 0 Å². The number of nitrogens with zero attached hydrogens (tertiary/aromatic N) is 1. The van der Waals surface area contributed by atoms with Gasteiger partial charge in [-0.1, -0.05) is 30.3 Å². The number of aryl methyl sites for hydroxylation is 1. The monoisotopic (exact) mass is 226 g/mol. The maximum atomic E-state index is 5.86. The van der Waals surface area contributed by atoms with E-state index in [-0.39, 0.29) is 0 Å². The Morgan fingerprint density at radius 3 is 2.35 bits per heavy atom. The predicted molar refractivity (Wildman–Crippen MR) is 70.8 cm³/mol. The summed E-state index contributed by atoms with van der Waals surface area (Å²) < 4.78 is 0. The molecule has 1 atom stereocenters. The van der Waals surface area contributed by atoms with Crippen LogP contribution in [0.5, 0.6) is 0 Å². The summed E-state index contributed by atoms with van der Waals surface area (Å²) in [5, 5.41) is 0. The first kappa shape index (κ1) is 11.8. The average Bonchev–Trinajstić information content (AvgIpc) is 2.42. The third kappa shape index (κ3) is 3.40. The van der Waals surface area contributed by atoms with Crippen molar-refractivity contribution in [3.63, 3.8) is 0 Å². The van der Waals surface area contributed by atoms with Crippen LogP contribution >= 0.6 is 0 Å². The molecule has 88 valence electrons. The van der Waals surface area contributed by atoms with E-state index in [2.05, 4.69) is 41.4 Å². The van der Waals surface area contributed by atoms with Crippen LogP contribution in [-0.2, 0) is 6.42 Å². The van der Waals surface area contributed by atoms with E-state index >= 15 is 0 Å². The molecule has 0 bridgehead atoms. The Bertz CT molecular complexity index is 425. The molecule has 0 aliphatic carbocycles. The zero-order valence-electron chi connectivity index (χ0n) is 9.92. The van der Waals surface area contributed by atoms with Crippen LogP contribution in [0.3, 0.4) is 0 Å². The first-order valence-corrected chi connectivity index (χ1v) is 6.04. The number of nitrogens with two attached hydrogens (primary N) is 1. The number of hydrogen-bond acceptors (Lipinski definition) is 2. The molecule has 0 radical (unpaired) electrons. The lowest BCUT2D eigenvalue weighted by molar-refractivity contribution is 0.633. The van der Waals surface area contributed by atoms with Gasteiger partial charge < -0.3 is 5.73 Å². The minimum Gasteiger partial charge on any atom is -0.330 e. The van der Waals surface area contributed by atoms with Crippen LogP contribution < -0.4 is 5.73 Å². The Hall–Kier alpha value is -1.67. The highest BCUT2D eigenvalue weighted by atomic mass is 14.6. The van der Waals surface area contributed by atoms with E-state index in [4.69, 9.17) is 5.73 Å². The summed E-state index contributed by atoms with van der Waals surface area (Å²) in [5.74, 6) is 0.448. The molecule has 2 nitrogen and oxygen atoms in total. The van der Waals surface area contributed by atoms with Gasteiger partial charge in [-0.15, -0.1) is 0 Å². The minimum atomic E-state index is 0.448. The van der Waals surface area contributed by atoms with Crippen molar-refractivity contribution in [3.05, 3.63) is 66.0 Å². The van der Waals surface area contributed by atoms with Crippen molar-refractivity contribution >= 4 is 0 Å². The Balaban J connectivity index is 1.97. The van der Waals surface area contributed by atoms with E-state index in [0.717, 1.165) is 12.8 Å². The predicted octanol–water partition coefficient (Wildman–Crippen LogP) is 2.76. The number of hydrogen-bond donors (Lipinski definition) is 1. The first-order chi connectivity index (χ1) is 8.40. The van der Waals surface area contributed by atoms with E-state index in [9.17, 15) is 0 Å². The smallest absolute Gasteiger partial charge is 0.0270 e. The van der Waals surface area contributed by atoms with Gasteiger partial charge in [-0.3, -0.25) is 4.98 Å². The van der Waals surface area contributed by atoms with Crippen LogP contribution in [0.15, 0.2) is 54.9 Å². The van der Waals surface area contributed by atoms with Crippen LogP contribution in [0.1, 0.15) is 23.5 Å².